The number of aromatic carboxylic acids is 1. The summed E-state index contributed by atoms with van der Waals surface area (Å²) in [6.45, 7) is -0.0355. The number of benzene rings is 7. The Labute approximate surface area is 486 Å². The number of hydrogen-bond acceptors (Lipinski definition) is 29. The molecule has 452 valence electrons. The summed E-state index contributed by atoms with van der Waals surface area (Å²) >= 11 is 0. The van der Waals surface area contributed by atoms with Crippen LogP contribution in [-0.2, 0) is 23.7 Å². The Bertz CT molecular complexity index is 4370. The van der Waals surface area contributed by atoms with Crippen LogP contribution in [0.1, 0.15) is 57.4 Å². The average molecular weight is 1220 g/mol. The van der Waals surface area contributed by atoms with E-state index in [1.165, 1.54) is 6.92 Å². The second-order valence-corrected chi connectivity index (χ2v) is 19.6. The summed E-state index contributed by atoms with van der Waals surface area (Å²) in [6.07, 6.45) is -11.9. The fourth-order valence-electron chi connectivity index (χ4n) is 10.0. The fourth-order valence-corrected chi connectivity index (χ4v) is 10.0. The highest BCUT2D eigenvalue weighted by Gasteiger charge is 2.54. The molecule has 18 N–H and O–H groups in total. The van der Waals surface area contributed by atoms with Crippen LogP contribution in [0.4, 0.5) is 0 Å². The number of cyclic esters (lactones) is 1. The maximum absolute atomic E-state index is 14.9. The van der Waals surface area contributed by atoms with Gasteiger partial charge in [-0.05, 0) is 48.9 Å². The van der Waals surface area contributed by atoms with Gasteiger partial charge in [-0.3, -0.25) is 0 Å². The third kappa shape index (κ3) is 9.27. The van der Waals surface area contributed by atoms with Crippen molar-refractivity contribution < 1.29 is 153 Å². The number of carboxylic acid groups (broad SMARTS) is 1. The molecule has 0 spiro atoms. The first kappa shape index (κ1) is 57.4. The molecule has 3 aliphatic heterocycles. The van der Waals surface area contributed by atoms with Gasteiger partial charge >= 0.3 is 41.2 Å². The molecule has 0 radical (unpaired) electrons. The summed E-state index contributed by atoms with van der Waals surface area (Å²) in [5.41, 5.74) is -9.14. The minimum Gasteiger partial charge on any atom is -0.507 e. The molecule has 5 atom stereocenters. The van der Waals surface area contributed by atoms with Crippen LogP contribution in [0.2, 0.25) is 0 Å². The molecule has 3 aliphatic rings. The van der Waals surface area contributed by atoms with E-state index in [9.17, 15) is 116 Å². The molecule has 1 fully saturated rings. The maximum Gasteiger partial charge on any atom is 0.403 e. The van der Waals surface area contributed by atoms with Gasteiger partial charge in [0.2, 0.25) is 23.0 Å². The number of aromatic hydroxyl groups is 16. The number of rotatable bonds is 8. The van der Waals surface area contributed by atoms with Crippen LogP contribution in [0.3, 0.4) is 0 Å². The molecule has 31 heteroatoms. The Hall–Kier alpha value is -12.4. The number of fused-ring (bicyclic) bond motifs is 6. The van der Waals surface area contributed by atoms with Gasteiger partial charge in [0, 0.05) is 41.0 Å². The van der Waals surface area contributed by atoms with Crippen molar-refractivity contribution in [1.82, 2.24) is 0 Å². The topological polar surface area (TPSA) is 525 Å². The third-order valence-corrected chi connectivity index (χ3v) is 14.1. The molecular weight excluding hydrogens is 1180 g/mol. The van der Waals surface area contributed by atoms with Gasteiger partial charge in [0.05, 0.1) is 45.0 Å². The Morgan fingerprint density at radius 1 is 0.557 bits per heavy atom. The summed E-state index contributed by atoms with van der Waals surface area (Å²) in [6, 6.07) is 7.69. The predicted molar refractivity (Wildman–Crippen MR) is 284 cm³/mol. The molecule has 0 saturated carbocycles. The lowest BCUT2D eigenvalue weighted by Gasteiger charge is -2.42. The minimum absolute atomic E-state index is 0.0920. The number of esters is 4. The van der Waals surface area contributed by atoms with Gasteiger partial charge in [0.1, 0.15) is 29.6 Å². The van der Waals surface area contributed by atoms with E-state index in [1.807, 2.05) is 0 Å². The highest BCUT2D eigenvalue weighted by atomic mass is 16.7. The molecule has 7 aromatic carbocycles. The number of carbonyl (C=O) groups excluding carboxylic acids is 4. The lowest BCUT2D eigenvalue weighted by molar-refractivity contribution is -0.284. The fraction of sp³-hybridized carbons (Fsp3) is 0.123. The Kier molecular flexibility index (Phi) is 13.5. The van der Waals surface area contributed by atoms with Gasteiger partial charge < -0.3 is 125 Å². The quantitative estimate of drug-likeness (QED) is 0.0371. The van der Waals surface area contributed by atoms with Gasteiger partial charge in [-0.25, -0.2) is 28.4 Å². The van der Waals surface area contributed by atoms with Crippen molar-refractivity contribution in [3.8, 4) is 149 Å². The highest BCUT2D eigenvalue weighted by molar-refractivity contribution is 6.13. The van der Waals surface area contributed by atoms with Crippen molar-refractivity contribution in [3.63, 3.8) is 0 Å². The van der Waals surface area contributed by atoms with Crippen LogP contribution in [-0.4, -0.2) is 159 Å². The zero-order valence-corrected chi connectivity index (χ0v) is 43.8. The maximum atomic E-state index is 14.9. The van der Waals surface area contributed by atoms with E-state index >= 15 is 0 Å². The second-order valence-electron chi connectivity index (χ2n) is 19.6. The van der Waals surface area contributed by atoms with Gasteiger partial charge in [-0.1, -0.05) is 0 Å². The summed E-state index contributed by atoms with van der Waals surface area (Å²) in [5, 5.41) is 195. The lowest BCUT2D eigenvalue weighted by atomic mass is 9.90. The highest BCUT2D eigenvalue weighted by Crippen LogP contribution is 2.62. The van der Waals surface area contributed by atoms with Crippen LogP contribution in [0.25, 0.3) is 44.5 Å². The number of carbonyl (C=O) groups is 5. The number of aryl methyl sites for hydroxylation is 1. The van der Waals surface area contributed by atoms with Crippen LogP contribution >= 0.6 is 0 Å². The molecule has 11 rings (SSSR count). The van der Waals surface area contributed by atoms with Crippen molar-refractivity contribution >= 4 is 40.8 Å². The molecule has 3 unspecified atom stereocenters. The first-order valence-electron chi connectivity index (χ1n) is 24.9. The summed E-state index contributed by atoms with van der Waals surface area (Å²) in [4.78, 5) is 70.6. The molecular formula is C57H39O31+. The van der Waals surface area contributed by atoms with Crippen molar-refractivity contribution in [1.29, 1.82) is 0 Å². The smallest absolute Gasteiger partial charge is 0.403 e. The molecule has 0 aliphatic carbocycles. The van der Waals surface area contributed by atoms with Gasteiger partial charge in [0.15, 0.2) is 105 Å². The zero-order chi connectivity index (χ0) is 63.5. The molecule has 4 heterocycles. The minimum atomic E-state index is -2.54. The van der Waals surface area contributed by atoms with E-state index < -0.39 is 249 Å². The zero-order valence-electron chi connectivity index (χ0n) is 43.8. The van der Waals surface area contributed by atoms with E-state index in [-0.39, 0.29) is 10.9 Å². The summed E-state index contributed by atoms with van der Waals surface area (Å²) in [5.74, 6) is -30.9. The molecule has 0 bridgehead atoms. The van der Waals surface area contributed by atoms with Crippen LogP contribution in [0, 0.1) is 6.92 Å². The number of aliphatic hydroxyl groups is 1. The summed E-state index contributed by atoms with van der Waals surface area (Å²) in [7, 11) is 0. The normalized spacial score (nSPS) is 17.5. The monoisotopic (exact) mass is 1220 g/mol. The molecule has 88 heavy (non-hydrogen) atoms. The van der Waals surface area contributed by atoms with Gasteiger partial charge in [0.25, 0.3) is 0 Å². The Morgan fingerprint density at radius 3 is 1.72 bits per heavy atom. The Balaban J connectivity index is 1.10. The predicted octanol–water partition coefficient (Wildman–Crippen LogP) is 5.77. The number of phenols is 16. The average Bonchev–Trinajstić information content (AvgIpc) is 0.782. The van der Waals surface area contributed by atoms with E-state index in [0.717, 1.165) is 36.4 Å². The standard InChI is InChI=1S/C57H38O31/c1-14-2-16(5-22(59)38(14)66)53(76)88-51-50(87-54(77)17-6-25(62)40(68)26(63)7-17)47-32(85-57(51)80)13-81-55(78)21-12-31(43(71)45(73)34(21)33-20(56(79)86-47)11-27(64)41(69)44(33)72)84-49-37-35-19(52(74)75)10-28(65)42(70)48(35)83-30-9-18(58)8-29(36(30)37)82-46(49)15-3-23(60)39(67)24(61)4-15/h2-12,32,47,50-51,57,80H,13H2,1H3,(H16-,58,59,60,61,62,63,64,65,66,67,68,69,70,71,72,73,74,75,76,77,78,79)/p+1/t32?,47-,50+,51?,57?/m1/s1. The molecule has 8 aromatic rings. The van der Waals surface area contributed by atoms with Crippen LogP contribution in [0.5, 0.6) is 115 Å². The Morgan fingerprint density at radius 2 is 1.10 bits per heavy atom. The first-order chi connectivity index (χ1) is 41.5. The van der Waals surface area contributed by atoms with Gasteiger partial charge in [-0.15, -0.1) is 0 Å². The van der Waals surface area contributed by atoms with E-state index in [4.69, 9.17) is 37.6 Å². The number of phenolic OH excluding ortho intramolecular Hbond substituents is 16. The number of aliphatic hydroxyl groups excluding tert-OH is 1. The second kappa shape index (κ2) is 20.7. The third-order valence-electron chi connectivity index (χ3n) is 14.1. The number of hydrogen-bond donors (Lipinski definition) is 18. The summed E-state index contributed by atoms with van der Waals surface area (Å²) < 4.78 is 46.5. The SMILES string of the molecule is Cc1cc(C(=O)OC2C(O)OC3COC(=O)c4cc(Oc5c(-c6cc(O)c(O)c(O)c6)[o+]c6cc(O)cc7c6c5-c5c(C(=O)O)cc(O)c(O)c5O7)c(O)c(O)c4-c4c(cc(O)c(O)c4O)C(=O)O[C@H]3[C@@H]2OC(=O)c2cc(O)c(O)c(O)c2)cc(O)c1O. The largest absolute Gasteiger partial charge is 0.507 e. The lowest BCUT2D eigenvalue weighted by Crippen LogP contribution is -2.62. The van der Waals surface area contributed by atoms with Crippen LogP contribution < -0.4 is 9.47 Å². The molecule has 0 amide bonds. The van der Waals surface area contributed by atoms with E-state index in [2.05, 4.69) is 0 Å². The van der Waals surface area contributed by atoms with Crippen molar-refractivity contribution in [2.75, 3.05) is 6.61 Å². The van der Waals surface area contributed by atoms with Crippen molar-refractivity contribution in [2.45, 2.75) is 37.6 Å². The van der Waals surface area contributed by atoms with Gasteiger partial charge in [-0.2, -0.15) is 0 Å². The number of carboxylic acids is 1. The van der Waals surface area contributed by atoms with Crippen LogP contribution in [0.15, 0.2) is 71.1 Å². The molecule has 1 aromatic heterocycles. The van der Waals surface area contributed by atoms with E-state index in [0.29, 0.717) is 30.3 Å². The van der Waals surface area contributed by atoms with E-state index in [1.54, 1.807) is 0 Å². The molecule has 1 saturated heterocycles. The molecule has 31 nitrogen and oxygen atoms in total. The van der Waals surface area contributed by atoms with Crippen molar-refractivity contribution in [2.24, 2.45) is 0 Å². The number of ether oxygens (including phenoxy) is 7. The van der Waals surface area contributed by atoms with Crippen molar-refractivity contribution in [3.05, 3.63) is 100 Å². The first-order valence-corrected chi connectivity index (χ1v) is 24.9.